The van der Waals surface area contributed by atoms with E-state index in [1.54, 1.807) is 18.1 Å². The van der Waals surface area contributed by atoms with Gasteiger partial charge in [-0.05, 0) is 43.5 Å². The van der Waals surface area contributed by atoms with Crippen molar-refractivity contribution in [2.45, 2.75) is 19.8 Å². The van der Waals surface area contributed by atoms with E-state index in [4.69, 9.17) is 0 Å². The second-order valence-electron chi connectivity index (χ2n) is 6.26. The maximum absolute atomic E-state index is 12.3. The largest absolute Gasteiger partial charge is 0.341 e. The summed E-state index contributed by atoms with van der Waals surface area (Å²) < 4.78 is 0. The first kappa shape index (κ1) is 18.6. The number of likely N-dealkylation sites (N-methyl/N-ethyl adjacent to an activating group) is 1. The molecule has 25 heavy (non-hydrogen) atoms. The molecule has 134 valence electrons. The number of carbonyl (C=O) groups is 3. The smallest absolute Gasteiger partial charge is 0.246 e. The third-order valence-corrected chi connectivity index (χ3v) is 4.31. The fourth-order valence-corrected chi connectivity index (χ4v) is 2.76. The Kier molecular flexibility index (Phi) is 6.27. The average molecular weight is 344 g/mol. The zero-order chi connectivity index (χ0) is 18.4. The number of rotatable bonds is 5. The van der Waals surface area contributed by atoms with Crippen molar-refractivity contribution in [2.24, 2.45) is 5.92 Å². The summed E-state index contributed by atoms with van der Waals surface area (Å²) in [6.07, 6.45) is 4.04. The molecule has 1 aromatic rings. The molecule has 2 rings (SSSR count). The molecule has 0 radical (unpaired) electrons. The van der Waals surface area contributed by atoms with Gasteiger partial charge in [0.1, 0.15) is 5.82 Å². The summed E-state index contributed by atoms with van der Waals surface area (Å²) >= 11 is 0. The number of amides is 3. The number of carbonyl (C=O) groups excluding carboxylic acids is 3. The zero-order valence-corrected chi connectivity index (χ0v) is 14.7. The van der Waals surface area contributed by atoms with E-state index in [0.29, 0.717) is 31.7 Å². The Balaban J connectivity index is 1.82. The fraction of sp³-hybridized carbons (Fsp3) is 0.444. The van der Waals surface area contributed by atoms with Gasteiger partial charge < -0.3 is 15.1 Å². The highest BCUT2D eigenvalue weighted by Crippen LogP contribution is 2.19. The molecule has 0 unspecified atom stereocenters. The predicted octanol–water partition coefficient (Wildman–Crippen LogP) is 1.21. The number of likely N-dealkylation sites (tertiary alicyclic amines) is 1. The minimum Gasteiger partial charge on any atom is -0.341 e. The van der Waals surface area contributed by atoms with Crippen LogP contribution in [0, 0.1) is 12.8 Å². The van der Waals surface area contributed by atoms with Gasteiger partial charge in [-0.15, -0.1) is 0 Å². The van der Waals surface area contributed by atoms with Crippen molar-refractivity contribution in [2.75, 3.05) is 32.0 Å². The molecule has 3 amide bonds. The van der Waals surface area contributed by atoms with E-state index in [0.717, 1.165) is 5.56 Å². The normalized spacial score (nSPS) is 14.7. The maximum atomic E-state index is 12.3. The monoisotopic (exact) mass is 344 g/mol. The Morgan fingerprint density at radius 3 is 2.68 bits per heavy atom. The van der Waals surface area contributed by atoms with Crippen LogP contribution in [0.3, 0.4) is 0 Å². The van der Waals surface area contributed by atoms with Crippen molar-refractivity contribution >= 4 is 23.5 Å². The quantitative estimate of drug-likeness (QED) is 0.814. The van der Waals surface area contributed by atoms with E-state index < -0.39 is 0 Å². The molecule has 2 heterocycles. The number of anilines is 1. The molecule has 0 spiro atoms. The number of piperidine rings is 1. The van der Waals surface area contributed by atoms with E-state index in [1.807, 2.05) is 19.1 Å². The van der Waals surface area contributed by atoms with Crippen LogP contribution in [0.2, 0.25) is 0 Å². The van der Waals surface area contributed by atoms with Gasteiger partial charge >= 0.3 is 0 Å². The second kappa shape index (κ2) is 8.41. The van der Waals surface area contributed by atoms with Gasteiger partial charge in [0.15, 0.2) is 0 Å². The summed E-state index contributed by atoms with van der Waals surface area (Å²) in [5, 5.41) is 2.83. The lowest BCUT2D eigenvalue weighted by Gasteiger charge is -2.32. The molecule has 1 aliphatic rings. The highest BCUT2D eigenvalue weighted by atomic mass is 16.2. The number of aromatic nitrogens is 1. The lowest BCUT2D eigenvalue weighted by atomic mass is 9.96. The third-order valence-electron chi connectivity index (χ3n) is 4.31. The molecule has 1 N–H and O–H groups in total. The van der Waals surface area contributed by atoms with E-state index >= 15 is 0 Å². The molecule has 0 atom stereocenters. The van der Waals surface area contributed by atoms with E-state index in [2.05, 4.69) is 16.9 Å². The second-order valence-corrected chi connectivity index (χ2v) is 6.26. The summed E-state index contributed by atoms with van der Waals surface area (Å²) in [5.41, 5.74) is 1.03. The van der Waals surface area contributed by atoms with Crippen LogP contribution in [-0.2, 0) is 14.4 Å². The molecule has 0 bridgehead atoms. The highest BCUT2D eigenvalue weighted by Gasteiger charge is 2.28. The highest BCUT2D eigenvalue weighted by molar-refractivity contribution is 5.92. The van der Waals surface area contributed by atoms with Crippen LogP contribution in [0.25, 0.3) is 0 Å². The summed E-state index contributed by atoms with van der Waals surface area (Å²) in [7, 11) is 1.57. The van der Waals surface area contributed by atoms with Crippen molar-refractivity contribution in [3.05, 3.63) is 36.5 Å². The molecular formula is C18H24N4O3. The molecule has 7 nitrogen and oxygen atoms in total. The predicted molar refractivity (Wildman–Crippen MR) is 94.7 cm³/mol. The maximum Gasteiger partial charge on any atom is 0.246 e. The van der Waals surface area contributed by atoms with Gasteiger partial charge in [-0.3, -0.25) is 14.4 Å². The van der Waals surface area contributed by atoms with Gasteiger partial charge in [0.05, 0.1) is 6.54 Å². The first-order chi connectivity index (χ1) is 11.9. The van der Waals surface area contributed by atoms with Gasteiger partial charge in [0.2, 0.25) is 17.7 Å². The number of hydrogen-bond donors (Lipinski definition) is 1. The summed E-state index contributed by atoms with van der Waals surface area (Å²) in [6, 6.07) is 3.69. The van der Waals surface area contributed by atoms with Gasteiger partial charge in [0.25, 0.3) is 0 Å². The number of pyridine rings is 1. The van der Waals surface area contributed by atoms with Gasteiger partial charge in [-0.2, -0.15) is 0 Å². The Hall–Kier alpha value is -2.70. The lowest BCUT2D eigenvalue weighted by Crippen LogP contribution is -2.45. The van der Waals surface area contributed by atoms with Crippen molar-refractivity contribution < 1.29 is 14.4 Å². The van der Waals surface area contributed by atoms with Crippen molar-refractivity contribution in [1.29, 1.82) is 0 Å². The number of hydrogen-bond acceptors (Lipinski definition) is 4. The summed E-state index contributed by atoms with van der Waals surface area (Å²) in [5.74, 6) is -0.0544. The van der Waals surface area contributed by atoms with Crippen LogP contribution in [0.4, 0.5) is 5.82 Å². The molecule has 1 fully saturated rings. The fourth-order valence-electron chi connectivity index (χ4n) is 2.76. The molecular weight excluding hydrogens is 320 g/mol. The Morgan fingerprint density at radius 1 is 1.40 bits per heavy atom. The number of aryl methyl sites for hydroxylation is 1. The molecule has 0 saturated carbocycles. The lowest BCUT2D eigenvalue weighted by molar-refractivity contribution is -0.139. The number of nitrogens with one attached hydrogen (secondary N) is 1. The Morgan fingerprint density at radius 2 is 2.08 bits per heavy atom. The van der Waals surface area contributed by atoms with Gasteiger partial charge in [-0.25, -0.2) is 4.98 Å². The summed E-state index contributed by atoms with van der Waals surface area (Å²) in [4.78, 5) is 43.2. The standard InChI is InChI=1S/C18H24N4O3/c1-4-16(23)21(3)12-17(24)22-9-6-14(7-10-22)18(25)20-15-11-13(2)5-8-19-15/h4-5,8,11,14H,1,6-7,9-10,12H2,2-3H3,(H,19,20,25). The molecule has 0 aromatic carbocycles. The first-order valence-electron chi connectivity index (χ1n) is 8.29. The first-order valence-corrected chi connectivity index (χ1v) is 8.29. The van der Waals surface area contributed by atoms with Crippen molar-refractivity contribution in [3.8, 4) is 0 Å². The van der Waals surface area contributed by atoms with Crippen LogP contribution in [0.5, 0.6) is 0 Å². The minimum atomic E-state index is -0.284. The van der Waals surface area contributed by atoms with Crippen molar-refractivity contribution in [3.63, 3.8) is 0 Å². The van der Waals surface area contributed by atoms with Crippen LogP contribution in [0.15, 0.2) is 31.0 Å². The van der Waals surface area contributed by atoms with Crippen LogP contribution >= 0.6 is 0 Å². The van der Waals surface area contributed by atoms with E-state index in [-0.39, 0.29) is 30.2 Å². The van der Waals surface area contributed by atoms with Crippen LogP contribution < -0.4 is 5.32 Å². The topological polar surface area (TPSA) is 82.6 Å². The Bertz CT molecular complexity index is 666. The zero-order valence-electron chi connectivity index (χ0n) is 14.7. The number of nitrogens with zero attached hydrogens (tertiary/aromatic N) is 3. The molecule has 1 aromatic heterocycles. The molecule has 1 saturated heterocycles. The van der Waals surface area contributed by atoms with Gasteiger partial charge in [-0.1, -0.05) is 6.58 Å². The molecule has 7 heteroatoms. The Labute approximate surface area is 147 Å². The van der Waals surface area contributed by atoms with Gasteiger partial charge in [0, 0.05) is 32.3 Å². The average Bonchev–Trinajstić information content (AvgIpc) is 2.61. The third kappa shape index (κ3) is 5.14. The summed E-state index contributed by atoms with van der Waals surface area (Å²) in [6.45, 7) is 6.38. The molecule has 1 aliphatic heterocycles. The van der Waals surface area contributed by atoms with E-state index in [9.17, 15) is 14.4 Å². The molecule has 0 aliphatic carbocycles. The van der Waals surface area contributed by atoms with Crippen LogP contribution in [-0.4, -0.2) is 59.2 Å². The minimum absolute atomic E-state index is 0.0227. The SMILES string of the molecule is C=CC(=O)N(C)CC(=O)N1CCC(C(=O)Nc2cc(C)ccn2)CC1. The van der Waals surface area contributed by atoms with Crippen LogP contribution in [0.1, 0.15) is 18.4 Å². The van der Waals surface area contributed by atoms with E-state index in [1.165, 1.54) is 11.0 Å². The van der Waals surface area contributed by atoms with Crippen molar-refractivity contribution in [1.82, 2.24) is 14.8 Å².